The van der Waals surface area contributed by atoms with E-state index in [0.29, 0.717) is 0 Å². The molecule has 0 radical (unpaired) electrons. The summed E-state index contributed by atoms with van der Waals surface area (Å²) in [6, 6.07) is -2.92. The van der Waals surface area contributed by atoms with Crippen LogP contribution in [0.5, 0.6) is 0 Å². The van der Waals surface area contributed by atoms with Gasteiger partial charge in [0.05, 0.1) is 6.42 Å². The number of hydrogen-bond acceptors (Lipinski definition) is 3. The fourth-order valence-corrected chi connectivity index (χ4v) is 1.00. The number of amides is 3. The van der Waals surface area contributed by atoms with E-state index in [1.807, 2.05) is 0 Å². The lowest BCUT2D eigenvalue weighted by atomic mass is 10.2. The second-order valence-electron chi connectivity index (χ2n) is 3.48. The Morgan fingerprint density at radius 2 is 1.89 bits per heavy atom. The minimum absolute atomic E-state index is 0.247. The summed E-state index contributed by atoms with van der Waals surface area (Å²) in [5, 5.41) is 10.4. The van der Waals surface area contributed by atoms with Gasteiger partial charge in [-0.3, -0.25) is 4.79 Å². The van der Waals surface area contributed by atoms with E-state index < -0.39 is 43.1 Å². The van der Waals surface area contributed by atoms with Crippen molar-refractivity contribution in [2.45, 2.75) is 18.6 Å². The summed E-state index contributed by atoms with van der Waals surface area (Å²) in [7, 11) is 0.839. The number of alkyl halides is 3. The Labute approximate surface area is 99.7 Å². The van der Waals surface area contributed by atoms with Crippen LogP contribution in [0.1, 0.15) is 6.42 Å². The Morgan fingerprint density at radius 3 is 2.22 bits per heavy atom. The van der Waals surface area contributed by atoms with E-state index in [1.54, 1.807) is 5.32 Å². The molecule has 3 amide bonds. The quantitative estimate of drug-likeness (QED) is 0.626. The van der Waals surface area contributed by atoms with Gasteiger partial charge in [-0.1, -0.05) is 0 Å². The smallest absolute Gasteiger partial charge is 0.406 e. The summed E-state index contributed by atoms with van der Waals surface area (Å²) < 4.78 is 35.9. The number of aliphatic carboxylic acids is 1. The molecule has 0 saturated heterocycles. The number of primary amides is 1. The van der Waals surface area contributed by atoms with Crippen molar-refractivity contribution < 1.29 is 32.7 Å². The number of hydrogen-bond donors (Lipinski definition) is 3. The van der Waals surface area contributed by atoms with Crippen LogP contribution in [0.25, 0.3) is 0 Å². The average molecular weight is 271 g/mol. The molecule has 0 spiro atoms. The van der Waals surface area contributed by atoms with E-state index in [9.17, 15) is 27.6 Å². The van der Waals surface area contributed by atoms with Gasteiger partial charge in [0.1, 0.15) is 12.6 Å². The molecule has 18 heavy (non-hydrogen) atoms. The van der Waals surface area contributed by atoms with Gasteiger partial charge in [0.2, 0.25) is 5.91 Å². The summed E-state index contributed by atoms with van der Waals surface area (Å²) in [4.78, 5) is 32.6. The molecule has 1 unspecified atom stereocenters. The van der Waals surface area contributed by atoms with Gasteiger partial charge in [0, 0.05) is 7.05 Å². The lowest BCUT2D eigenvalue weighted by Crippen LogP contribution is -2.50. The molecule has 7 nitrogen and oxygen atoms in total. The van der Waals surface area contributed by atoms with Crippen molar-refractivity contribution in [1.82, 2.24) is 10.2 Å². The van der Waals surface area contributed by atoms with Crippen molar-refractivity contribution in [3.05, 3.63) is 0 Å². The zero-order valence-electron chi connectivity index (χ0n) is 9.32. The minimum atomic E-state index is -4.60. The van der Waals surface area contributed by atoms with Gasteiger partial charge in [-0.25, -0.2) is 9.59 Å². The number of halogens is 3. The highest BCUT2D eigenvalue weighted by Gasteiger charge is 2.32. The molecule has 0 rings (SSSR count). The predicted molar refractivity (Wildman–Crippen MR) is 52.5 cm³/mol. The first-order chi connectivity index (χ1) is 8.03. The number of nitrogens with two attached hydrogens (primary N) is 1. The summed E-state index contributed by atoms with van der Waals surface area (Å²) in [5.74, 6) is -2.57. The molecule has 0 fully saturated rings. The van der Waals surface area contributed by atoms with Gasteiger partial charge in [-0.05, 0) is 0 Å². The predicted octanol–water partition coefficient (Wildman–Crippen LogP) is -0.481. The summed E-state index contributed by atoms with van der Waals surface area (Å²) in [6.07, 6.45) is -5.31. The van der Waals surface area contributed by atoms with Crippen LogP contribution in [0, 0.1) is 0 Å². The van der Waals surface area contributed by atoms with Gasteiger partial charge < -0.3 is 21.1 Å². The highest BCUT2D eigenvalue weighted by atomic mass is 19.4. The normalized spacial score (nSPS) is 12.7. The summed E-state index contributed by atoms with van der Waals surface area (Å²) >= 11 is 0. The number of carbonyl (C=O) groups excluding carboxylic acids is 2. The number of carboxylic acids is 1. The van der Waals surface area contributed by atoms with Gasteiger partial charge >= 0.3 is 18.2 Å². The first-order valence-corrected chi connectivity index (χ1v) is 4.62. The van der Waals surface area contributed by atoms with Crippen LogP contribution in [0.15, 0.2) is 0 Å². The molecular formula is C8H12F3N3O4. The van der Waals surface area contributed by atoms with Crippen LogP contribution < -0.4 is 11.1 Å². The van der Waals surface area contributed by atoms with Gasteiger partial charge in [-0.2, -0.15) is 13.2 Å². The fraction of sp³-hybridized carbons (Fsp3) is 0.625. The van der Waals surface area contributed by atoms with Crippen molar-refractivity contribution in [2.24, 2.45) is 5.73 Å². The first kappa shape index (κ1) is 16.0. The maximum absolute atomic E-state index is 12.0. The molecule has 0 aliphatic rings. The van der Waals surface area contributed by atoms with Gasteiger partial charge in [-0.15, -0.1) is 0 Å². The molecule has 0 aromatic carbocycles. The third kappa shape index (κ3) is 6.55. The molecule has 4 N–H and O–H groups in total. The lowest BCUT2D eigenvalue weighted by Gasteiger charge is -2.21. The van der Waals surface area contributed by atoms with Crippen molar-refractivity contribution in [3.8, 4) is 0 Å². The van der Waals surface area contributed by atoms with E-state index in [4.69, 9.17) is 10.8 Å². The maximum Gasteiger partial charge on any atom is 0.406 e. The van der Waals surface area contributed by atoms with Crippen molar-refractivity contribution >= 4 is 17.9 Å². The largest absolute Gasteiger partial charge is 0.480 e. The molecule has 0 saturated carbocycles. The third-order valence-corrected chi connectivity index (χ3v) is 1.76. The van der Waals surface area contributed by atoms with Crippen molar-refractivity contribution in [2.75, 3.05) is 13.6 Å². The van der Waals surface area contributed by atoms with Crippen LogP contribution in [-0.4, -0.2) is 53.7 Å². The van der Waals surface area contributed by atoms with E-state index in [1.165, 1.54) is 0 Å². The molecule has 10 heteroatoms. The number of carbonyl (C=O) groups is 3. The molecule has 0 bridgehead atoms. The number of rotatable bonds is 5. The van der Waals surface area contributed by atoms with Crippen LogP contribution in [0.2, 0.25) is 0 Å². The highest BCUT2D eigenvalue weighted by molar-refractivity contribution is 5.87. The number of nitrogens with one attached hydrogen (secondary N) is 1. The average Bonchev–Trinajstić information content (AvgIpc) is 2.12. The zero-order chi connectivity index (χ0) is 14.5. The Balaban J connectivity index is 4.50. The van der Waals surface area contributed by atoms with E-state index in [-0.39, 0.29) is 4.90 Å². The second kappa shape index (κ2) is 6.07. The molecular weight excluding hydrogens is 259 g/mol. The maximum atomic E-state index is 12.0. The van der Waals surface area contributed by atoms with Crippen molar-refractivity contribution in [3.63, 3.8) is 0 Å². The zero-order valence-corrected chi connectivity index (χ0v) is 9.32. The molecule has 0 aliphatic heterocycles. The summed E-state index contributed by atoms with van der Waals surface area (Å²) in [6.45, 7) is -1.54. The molecule has 0 heterocycles. The van der Waals surface area contributed by atoms with Gasteiger partial charge in [0.25, 0.3) is 0 Å². The highest BCUT2D eigenvalue weighted by Crippen LogP contribution is 2.15. The molecule has 0 aromatic heterocycles. The second-order valence-corrected chi connectivity index (χ2v) is 3.48. The van der Waals surface area contributed by atoms with E-state index >= 15 is 0 Å². The molecule has 1 atom stereocenters. The Kier molecular flexibility index (Phi) is 5.40. The third-order valence-electron chi connectivity index (χ3n) is 1.76. The van der Waals surface area contributed by atoms with E-state index in [2.05, 4.69) is 0 Å². The first-order valence-electron chi connectivity index (χ1n) is 4.62. The molecule has 0 aromatic rings. The van der Waals surface area contributed by atoms with E-state index in [0.717, 1.165) is 7.05 Å². The molecule has 104 valence electrons. The number of carboxylic acid groups (broad SMARTS) is 1. The van der Waals surface area contributed by atoms with Gasteiger partial charge in [0.15, 0.2) is 0 Å². The van der Waals surface area contributed by atoms with Crippen LogP contribution in [-0.2, 0) is 9.59 Å². The fourth-order valence-electron chi connectivity index (χ4n) is 1.00. The SMILES string of the molecule is CN(CC(F)(F)F)C(=O)NC(CC(N)=O)C(=O)O. The minimum Gasteiger partial charge on any atom is -0.480 e. The standard InChI is InChI=1S/C8H12F3N3O4/c1-14(3-8(9,10)11)7(18)13-4(6(16)17)2-5(12)15/h4H,2-3H2,1H3,(H2,12,15)(H,13,18)(H,16,17). The summed E-state index contributed by atoms with van der Waals surface area (Å²) in [5.41, 5.74) is 4.74. The topological polar surface area (TPSA) is 113 Å². The number of urea groups is 1. The Bertz CT molecular complexity index is 345. The Hall–Kier alpha value is -2.00. The van der Waals surface area contributed by atoms with Crippen LogP contribution >= 0.6 is 0 Å². The molecule has 0 aliphatic carbocycles. The lowest BCUT2D eigenvalue weighted by molar-refractivity contribution is -0.141. The van der Waals surface area contributed by atoms with Crippen molar-refractivity contribution in [1.29, 1.82) is 0 Å². The number of nitrogens with zero attached hydrogens (tertiary/aromatic N) is 1. The van der Waals surface area contributed by atoms with Crippen LogP contribution in [0.3, 0.4) is 0 Å². The monoisotopic (exact) mass is 271 g/mol. The Morgan fingerprint density at radius 1 is 1.39 bits per heavy atom. The van der Waals surface area contributed by atoms with Crippen LogP contribution in [0.4, 0.5) is 18.0 Å².